The Hall–Kier alpha value is -2.18. The summed E-state index contributed by atoms with van der Waals surface area (Å²) >= 11 is 2.89. The Morgan fingerprint density at radius 1 is 1.08 bits per heavy atom. The topological polar surface area (TPSA) is 59.1 Å². The van der Waals surface area contributed by atoms with Crippen molar-refractivity contribution in [3.8, 4) is 0 Å². The fourth-order valence-electron chi connectivity index (χ4n) is 2.40. The Kier molecular flexibility index (Phi) is 5.44. The minimum atomic E-state index is -0.375. The number of hydrogen-bond acceptors (Lipinski definition) is 5. The summed E-state index contributed by atoms with van der Waals surface area (Å²) in [5, 5.41) is 2.44. The highest BCUT2D eigenvalue weighted by molar-refractivity contribution is 8.01. The smallest absolute Gasteiger partial charge is 0.257 e. The molecule has 134 valence electrons. The van der Waals surface area contributed by atoms with Crippen LogP contribution in [0.1, 0.15) is 36.7 Å². The van der Waals surface area contributed by atoms with E-state index < -0.39 is 0 Å². The number of rotatable bonds is 4. The van der Waals surface area contributed by atoms with E-state index >= 15 is 0 Å². The number of carbonyl (C=O) groups excluding carboxylic acids is 2. The third-order valence-corrected chi connectivity index (χ3v) is 6.05. The second-order valence-electron chi connectivity index (χ2n) is 6.94. The van der Waals surface area contributed by atoms with Gasteiger partial charge in [0.2, 0.25) is 5.91 Å². The van der Waals surface area contributed by atoms with Gasteiger partial charge in [-0.25, -0.2) is 4.98 Å². The highest BCUT2D eigenvalue weighted by atomic mass is 32.2. The predicted octanol–water partition coefficient (Wildman–Crippen LogP) is 4.64. The molecule has 2 amide bonds. The molecule has 2 aromatic carbocycles. The van der Waals surface area contributed by atoms with Crippen LogP contribution in [0.4, 0.5) is 0 Å². The number of nitrogens with one attached hydrogen (secondary N) is 1. The molecule has 1 N–H and O–H groups in total. The summed E-state index contributed by atoms with van der Waals surface area (Å²) in [7, 11) is 0. The number of imide groups is 1. The van der Waals surface area contributed by atoms with Gasteiger partial charge in [0.15, 0.2) is 4.34 Å². The highest BCUT2D eigenvalue weighted by Crippen LogP contribution is 2.29. The van der Waals surface area contributed by atoms with Gasteiger partial charge in [0.25, 0.3) is 5.91 Å². The molecule has 0 saturated carbocycles. The van der Waals surface area contributed by atoms with Gasteiger partial charge in [-0.2, -0.15) is 0 Å². The van der Waals surface area contributed by atoms with Crippen molar-refractivity contribution in [1.82, 2.24) is 10.3 Å². The van der Waals surface area contributed by atoms with E-state index in [0.717, 1.165) is 20.1 Å². The Bertz CT molecular complexity index is 907. The SMILES string of the molecule is CC(C)(C)c1ccc(C(=O)NC(=O)CSc2nc3ccccc3s2)cc1. The molecule has 26 heavy (non-hydrogen) atoms. The molecule has 3 rings (SSSR count). The number of para-hydroxylation sites is 1. The van der Waals surface area contributed by atoms with Gasteiger partial charge in [-0.3, -0.25) is 14.9 Å². The lowest BCUT2D eigenvalue weighted by Gasteiger charge is -2.18. The van der Waals surface area contributed by atoms with Crippen LogP contribution in [0.3, 0.4) is 0 Å². The number of hydrogen-bond donors (Lipinski definition) is 1. The molecular formula is C20H20N2O2S2. The van der Waals surface area contributed by atoms with Crippen LogP contribution in [0, 0.1) is 0 Å². The van der Waals surface area contributed by atoms with E-state index in [1.807, 2.05) is 36.4 Å². The molecule has 0 saturated heterocycles. The molecule has 4 nitrogen and oxygen atoms in total. The summed E-state index contributed by atoms with van der Waals surface area (Å²) < 4.78 is 1.91. The summed E-state index contributed by atoms with van der Waals surface area (Å²) in [6.07, 6.45) is 0. The number of carbonyl (C=O) groups is 2. The molecule has 0 bridgehead atoms. The molecule has 0 aliphatic carbocycles. The highest BCUT2D eigenvalue weighted by Gasteiger charge is 2.16. The normalized spacial score (nSPS) is 11.5. The molecule has 0 radical (unpaired) electrons. The lowest BCUT2D eigenvalue weighted by Crippen LogP contribution is -2.31. The standard InChI is InChI=1S/C20H20N2O2S2/c1-20(2,3)14-10-8-13(9-11-14)18(24)22-17(23)12-25-19-21-15-6-4-5-7-16(15)26-19/h4-11H,12H2,1-3H3,(H,22,23,24). The molecule has 0 atom stereocenters. The Morgan fingerprint density at radius 3 is 2.42 bits per heavy atom. The first-order valence-electron chi connectivity index (χ1n) is 8.26. The number of thiazole rings is 1. The second-order valence-corrected chi connectivity index (χ2v) is 9.19. The minimum Gasteiger partial charge on any atom is -0.292 e. The van der Waals surface area contributed by atoms with Gasteiger partial charge in [0.05, 0.1) is 16.0 Å². The van der Waals surface area contributed by atoms with Crippen molar-refractivity contribution in [2.45, 2.75) is 30.5 Å². The van der Waals surface area contributed by atoms with Crippen molar-refractivity contribution in [3.05, 3.63) is 59.7 Å². The molecular weight excluding hydrogens is 364 g/mol. The van der Waals surface area contributed by atoms with Gasteiger partial charge in [-0.15, -0.1) is 11.3 Å². The molecule has 6 heteroatoms. The van der Waals surface area contributed by atoms with E-state index in [4.69, 9.17) is 0 Å². The van der Waals surface area contributed by atoms with E-state index in [9.17, 15) is 9.59 Å². The largest absolute Gasteiger partial charge is 0.292 e. The third kappa shape index (κ3) is 4.51. The van der Waals surface area contributed by atoms with E-state index in [-0.39, 0.29) is 23.0 Å². The number of nitrogens with zero attached hydrogens (tertiary/aromatic N) is 1. The number of benzene rings is 2. The monoisotopic (exact) mass is 384 g/mol. The van der Waals surface area contributed by atoms with Crippen LogP contribution in [-0.2, 0) is 10.2 Å². The zero-order valence-corrected chi connectivity index (χ0v) is 16.5. The Labute approximate surface area is 161 Å². The maximum Gasteiger partial charge on any atom is 0.257 e. The third-order valence-electron chi connectivity index (χ3n) is 3.87. The van der Waals surface area contributed by atoms with Crippen LogP contribution in [0.15, 0.2) is 52.9 Å². The summed E-state index contributed by atoms with van der Waals surface area (Å²) in [5.74, 6) is -0.537. The van der Waals surface area contributed by atoms with Crippen LogP contribution in [0.25, 0.3) is 10.2 Å². The number of thioether (sulfide) groups is 1. The van der Waals surface area contributed by atoms with Gasteiger partial charge in [0.1, 0.15) is 0 Å². The average molecular weight is 385 g/mol. The van der Waals surface area contributed by atoms with E-state index in [1.165, 1.54) is 11.8 Å². The van der Waals surface area contributed by atoms with Crippen molar-refractivity contribution in [1.29, 1.82) is 0 Å². The van der Waals surface area contributed by atoms with Gasteiger partial charge in [-0.05, 0) is 35.2 Å². The molecule has 1 aromatic heterocycles. The van der Waals surface area contributed by atoms with E-state index in [0.29, 0.717) is 5.56 Å². The van der Waals surface area contributed by atoms with Crippen molar-refractivity contribution < 1.29 is 9.59 Å². The predicted molar refractivity (Wildman–Crippen MR) is 108 cm³/mol. The zero-order valence-electron chi connectivity index (χ0n) is 14.9. The minimum absolute atomic E-state index is 0.0265. The summed E-state index contributed by atoms with van der Waals surface area (Å²) in [4.78, 5) is 28.8. The second kappa shape index (κ2) is 7.60. The molecule has 0 fully saturated rings. The maximum atomic E-state index is 12.2. The molecule has 0 unspecified atom stereocenters. The maximum absolute atomic E-state index is 12.2. The molecule has 0 spiro atoms. The van der Waals surface area contributed by atoms with Crippen LogP contribution >= 0.6 is 23.1 Å². The van der Waals surface area contributed by atoms with Crippen LogP contribution in [-0.4, -0.2) is 22.6 Å². The first-order chi connectivity index (χ1) is 12.3. The van der Waals surface area contributed by atoms with Gasteiger partial charge in [-0.1, -0.05) is 56.8 Å². The summed E-state index contributed by atoms with van der Waals surface area (Å²) in [6.45, 7) is 6.35. The molecule has 0 aliphatic rings. The first-order valence-corrected chi connectivity index (χ1v) is 10.1. The Balaban J connectivity index is 1.56. The lowest BCUT2D eigenvalue weighted by atomic mass is 9.87. The molecule has 3 aromatic rings. The van der Waals surface area contributed by atoms with E-state index in [2.05, 4.69) is 31.1 Å². The molecule has 0 aliphatic heterocycles. The van der Waals surface area contributed by atoms with Crippen molar-refractivity contribution in [2.75, 3.05) is 5.75 Å². The quantitative estimate of drug-likeness (QED) is 0.666. The Morgan fingerprint density at radius 2 is 1.77 bits per heavy atom. The van der Waals surface area contributed by atoms with Gasteiger partial charge >= 0.3 is 0 Å². The van der Waals surface area contributed by atoms with Crippen molar-refractivity contribution in [2.24, 2.45) is 0 Å². The van der Waals surface area contributed by atoms with Gasteiger partial charge < -0.3 is 0 Å². The van der Waals surface area contributed by atoms with Crippen LogP contribution in [0.2, 0.25) is 0 Å². The fourth-order valence-corrected chi connectivity index (χ4v) is 4.27. The average Bonchev–Trinajstić information content (AvgIpc) is 3.02. The van der Waals surface area contributed by atoms with Crippen LogP contribution < -0.4 is 5.32 Å². The van der Waals surface area contributed by atoms with Crippen molar-refractivity contribution in [3.63, 3.8) is 0 Å². The number of fused-ring (bicyclic) bond motifs is 1. The fraction of sp³-hybridized carbons (Fsp3) is 0.250. The van der Waals surface area contributed by atoms with E-state index in [1.54, 1.807) is 23.5 Å². The number of amides is 2. The summed E-state index contributed by atoms with van der Waals surface area (Å²) in [5.41, 5.74) is 2.58. The van der Waals surface area contributed by atoms with Crippen molar-refractivity contribution >= 4 is 45.1 Å². The summed E-state index contributed by atoms with van der Waals surface area (Å²) in [6, 6.07) is 15.2. The van der Waals surface area contributed by atoms with Crippen LogP contribution in [0.5, 0.6) is 0 Å². The lowest BCUT2D eigenvalue weighted by molar-refractivity contribution is -0.117. The van der Waals surface area contributed by atoms with Gasteiger partial charge in [0, 0.05) is 5.56 Å². The zero-order chi connectivity index (χ0) is 18.7. The number of aromatic nitrogens is 1. The first kappa shape index (κ1) is 18.6. The molecule has 1 heterocycles.